The first-order valence-corrected chi connectivity index (χ1v) is 4.71. The summed E-state index contributed by atoms with van der Waals surface area (Å²) in [6.45, 7) is 0.222. The van der Waals surface area contributed by atoms with Crippen LogP contribution in [0.25, 0.3) is 0 Å². The van der Waals surface area contributed by atoms with Gasteiger partial charge in [0.25, 0.3) is 0 Å². The fraction of sp³-hybridized carbons (Fsp3) is 0.364. The van der Waals surface area contributed by atoms with Crippen molar-refractivity contribution in [3.63, 3.8) is 0 Å². The molecule has 15 heavy (non-hydrogen) atoms. The van der Waals surface area contributed by atoms with Crippen LogP contribution in [-0.2, 0) is 6.42 Å². The maximum Gasteiger partial charge on any atom is 0.240 e. The van der Waals surface area contributed by atoms with Crippen LogP contribution in [0.5, 0.6) is 0 Å². The lowest BCUT2D eigenvalue weighted by atomic mass is 10.1. The number of hydrogen-bond donors (Lipinski definition) is 1. The lowest BCUT2D eigenvalue weighted by Gasteiger charge is -2.09. The number of halogens is 2. The van der Waals surface area contributed by atoms with Crippen molar-refractivity contribution in [1.29, 1.82) is 5.26 Å². The second-order valence-electron chi connectivity index (χ2n) is 3.10. The SMILES string of the molecule is N#CCc1ccccc1NCCC(F)F. The van der Waals surface area contributed by atoms with Crippen LogP contribution in [0.2, 0.25) is 0 Å². The van der Waals surface area contributed by atoms with E-state index in [1.807, 2.05) is 24.3 Å². The first-order valence-electron chi connectivity index (χ1n) is 4.71. The zero-order chi connectivity index (χ0) is 11.1. The number of anilines is 1. The molecule has 0 fully saturated rings. The maximum atomic E-state index is 11.9. The Bertz CT molecular complexity index is 345. The van der Waals surface area contributed by atoms with E-state index in [0.29, 0.717) is 0 Å². The normalized spacial score (nSPS) is 10.0. The second-order valence-corrected chi connectivity index (χ2v) is 3.10. The quantitative estimate of drug-likeness (QED) is 0.811. The van der Waals surface area contributed by atoms with Crippen molar-refractivity contribution in [3.05, 3.63) is 29.8 Å². The van der Waals surface area contributed by atoms with Crippen molar-refractivity contribution < 1.29 is 8.78 Å². The summed E-state index contributed by atoms with van der Waals surface area (Å²) >= 11 is 0. The van der Waals surface area contributed by atoms with Crippen LogP contribution in [0.4, 0.5) is 14.5 Å². The number of nitriles is 1. The van der Waals surface area contributed by atoms with Crippen molar-refractivity contribution in [2.75, 3.05) is 11.9 Å². The minimum atomic E-state index is -2.29. The van der Waals surface area contributed by atoms with Gasteiger partial charge in [0.1, 0.15) is 0 Å². The van der Waals surface area contributed by atoms with Crippen LogP contribution in [0.1, 0.15) is 12.0 Å². The average molecular weight is 210 g/mol. The molecular weight excluding hydrogens is 198 g/mol. The van der Waals surface area contributed by atoms with Gasteiger partial charge >= 0.3 is 0 Å². The van der Waals surface area contributed by atoms with Crippen LogP contribution >= 0.6 is 0 Å². The van der Waals surface area contributed by atoms with Gasteiger partial charge in [-0.25, -0.2) is 8.78 Å². The molecule has 80 valence electrons. The van der Waals surface area contributed by atoms with Gasteiger partial charge in [-0.2, -0.15) is 5.26 Å². The summed E-state index contributed by atoms with van der Waals surface area (Å²) < 4.78 is 23.8. The number of hydrogen-bond acceptors (Lipinski definition) is 2. The van der Waals surface area contributed by atoms with Gasteiger partial charge in [-0.05, 0) is 11.6 Å². The Morgan fingerprint density at radius 1 is 1.33 bits per heavy atom. The third-order valence-electron chi connectivity index (χ3n) is 1.96. The molecule has 2 nitrogen and oxygen atoms in total. The number of alkyl halides is 2. The summed E-state index contributed by atoms with van der Waals surface area (Å²) in [5, 5.41) is 11.5. The van der Waals surface area contributed by atoms with E-state index in [1.54, 1.807) is 6.07 Å². The Labute approximate surface area is 87.5 Å². The molecule has 0 atom stereocenters. The molecule has 0 heterocycles. The van der Waals surface area contributed by atoms with E-state index in [-0.39, 0.29) is 19.4 Å². The molecule has 0 spiro atoms. The molecule has 0 unspecified atom stereocenters. The highest BCUT2D eigenvalue weighted by atomic mass is 19.3. The van der Waals surface area contributed by atoms with Gasteiger partial charge in [-0.15, -0.1) is 0 Å². The molecule has 4 heteroatoms. The molecule has 0 aliphatic carbocycles. The fourth-order valence-corrected chi connectivity index (χ4v) is 1.25. The number of nitrogens with zero attached hydrogens (tertiary/aromatic N) is 1. The summed E-state index contributed by atoms with van der Waals surface area (Å²) in [5.41, 5.74) is 1.61. The number of rotatable bonds is 5. The minimum absolute atomic E-state index is 0.180. The van der Waals surface area contributed by atoms with Crippen molar-refractivity contribution in [3.8, 4) is 6.07 Å². The lowest BCUT2D eigenvalue weighted by molar-refractivity contribution is 0.142. The van der Waals surface area contributed by atoms with Crippen LogP contribution in [0, 0.1) is 11.3 Å². The van der Waals surface area contributed by atoms with E-state index in [9.17, 15) is 8.78 Å². The maximum absolute atomic E-state index is 11.9. The fourth-order valence-electron chi connectivity index (χ4n) is 1.25. The van der Waals surface area contributed by atoms with Gasteiger partial charge in [-0.1, -0.05) is 18.2 Å². The van der Waals surface area contributed by atoms with Crippen molar-refractivity contribution >= 4 is 5.69 Å². The van der Waals surface area contributed by atoms with Gasteiger partial charge in [0.05, 0.1) is 12.5 Å². The Morgan fingerprint density at radius 2 is 2.07 bits per heavy atom. The van der Waals surface area contributed by atoms with Gasteiger partial charge in [0.2, 0.25) is 6.43 Å². The van der Waals surface area contributed by atoms with Crippen LogP contribution in [-0.4, -0.2) is 13.0 Å². The molecule has 1 aromatic carbocycles. The van der Waals surface area contributed by atoms with Crippen molar-refractivity contribution in [2.45, 2.75) is 19.3 Å². The Morgan fingerprint density at radius 3 is 2.73 bits per heavy atom. The third-order valence-corrected chi connectivity index (χ3v) is 1.96. The zero-order valence-electron chi connectivity index (χ0n) is 8.21. The molecule has 0 saturated heterocycles. The summed E-state index contributed by atoms with van der Waals surface area (Å²) in [5.74, 6) is 0. The highest BCUT2D eigenvalue weighted by Gasteiger charge is 2.03. The van der Waals surface area contributed by atoms with Crippen LogP contribution < -0.4 is 5.32 Å². The lowest BCUT2D eigenvalue weighted by Crippen LogP contribution is -2.07. The standard InChI is InChI=1S/C11H12F2N2/c12-11(13)6-8-15-10-4-2-1-3-9(10)5-7-14/h1-4,11,15H,5-6,8H2. The van der Waals surface area contributed by atoms with E-state index in [0.717, 1.165) is 11.3 Å². The summed E-state index contributed by atoms with van der Waals surface area (Å²) in [7, 11) is 0. The first-order chi connectivity index (χ1) is 7.24. The van der Waals surface area contributed by atoms with E-state index < -0.39 is 6.43 Å². The van der Waals surface area contributed by atoms with E-state index in [4.69, 9.17) is 5.26 Å². The molecule has 0 radical (unpaired) electrons. The smallest absolute Gasteiger partial charge is 0.240 e. The molecule has 0 aromatic heterocycles. The van der Waals surface area contributed by atoms with E-state index in [2.05, 4.69) is 5.32 Å². The summed E-state index contributed by atoms with van der Waals surface area (Å²) in [4.78, 5) is 0. The number of benzene rings is 1. The van der Waals surface area contributed by atoms with Crippen molar-refractivity contribution in [2.24, 2.45) is 0 Å². The topological polar surface area (TPSA) is 35.8 Å². The van der Waals surface area contributed by atoms with E-state index in [1.165, 1.54) is 0 Å². The summed E-state index contributed by atoms with van der Waals surface area (Å²) in [6, 6.07) is 9.27. The monoisotopic (exact) mass is 210 g/mol. The Kier molecular flexibility index (Phi) is 4.55. The molecule has 0 saturated carbocycles. The van der Waals surface area contributed by atoms with Gasteiger partial charge in [0, 0.05) is 18.7 Å². The average Bonchev–Trinajstić information content (AvgIpc) is 2.20. The van der Waals surface area contributed by atoms with E-state index >= 15 is 0 Å². The van der Waals surface area contributed by atoms with Crippen LogP contribution in [0.3, 0.4) is 0 Å². The molecule has 0 bridgehead atoms. The molecule has 1 aromatic rings. The second kappa shape index (κ2) is 5.97. The molecule has 1 N–H and O–H groups in total. The highest BCUT2D eigenvalue weighted by Crippen LogP contribution is 2.15. The molecule has 0 aliphatic rings. The predicted octanol–water partition coefficient (Wildman–Crippen LogP) is 2.82. The highest BCUT2D eigenvalue weighted by molar-refractivity contribution is 5.51. The van der Waals surface area contributed by atoms with Crippen molar-refractivity contribution in [1.82, 2.24) is 0 Å². The number of para-hydroxylation sites is 1. The zero-order valence-corrected chi connectivity index (χ0v) is 8.21. The largest absolute Gasteiger partial charge is 0.385 e. The molecule has 1 rings (SSSR count). The minimum Gasteiger partial charge on any atom is -0.385 e. The Balaban J connectivity index is 2.56. The predicted molar refractivity (Wildman–Crippen MR) is 54.9 cm³/mol. The third kappa shape index (κ3) is 3.94. The van der Waals surface area contributed by atoms with Crippen LogP contribution in [0.15, 0.2) is 24.3 Å². The molecular formula is C11H12F2N2. The van der Waals surface area contributed by atoms with Gasteiger partial charge in [-0.3, -0.25) is 0 Å². The first kappa shape index (κ1) is 11.4. The molecule has 0 aliphatic heterocycles. The van der Waals surface area contributed by atoms with Gasteiger partial charge in [0.15, 0.2) is 0 Å². The number of nitrogens with one attached hydrogen (secondary N) is 1. The van der Waals surface area contributed by atoms with Gasteiger partial charge < -0.3 is 5.32 Å². The summed E-state index contributed by atoms with van der Waals surface area (Å²) in [6.07, 6.45) is -2.18. The Hall–Kier alpha value is -1.63. The molecule has 0 amide bonds.